The van der Waals surface area contributed by atoms with Crippen molar-refractivity contribution in [2.24, 2.45) is 5.92 Å². The summed E-state index contributed by atoms with van der Waals surface area (Å²) in [5, 5.41) is 0. The summed E-state index contributed by atoms with van der Waals surface area (Å²) < 4.78 is 8.66. The number of rotatable bonds is 5. The number of benzene rings is 1. The summed E-state index contributed by atoms with van der Waals surface area (Å²) in [4.78, 5) is 21.3. The van der Waals surface area contributed by atoms with Crippen LogP contribution in [-0.4, -0.2) is 39.7 Å². The molecule has 0 amide bonds. The third-order valence-electron chi connectivity index (χ3n) is 6.57. The number of hydrogen-bond donors (Lipinski definition) is 0. The highest BCUT2D eigenvalue weighted by Crippen LogP contribution is 2.36. The van der Waals surface area contributed by atoms with E-state index in [2.05, 4.69) is 36.8 Å². The molecule has 2 saturated heterocycles. The van der Waals surface area contributed by atoms with Gasteiger partial charge >= 0.3 is 0 Å². The average molecular weight is 424 g/mol. The number of aromatic nitrogens is 2. The second kappa shape index (κ2) is 7.82. The molecule has 0 spiro atoms. The number of nitrogens with zero attached hydrogens (tertiary/aromatic N) is 3. The first kappa shape index (κ1) is 19.8. The Kier molecular flexibility index (Phi) is 5.15. The minimum atomic E-state index is 0.000525. The molecule has 30 heavy (non-hydrogen) atoms. The molecule has 1 unspecified atom stereocenters. The van der Waals surface area contributed by atoms with Crippen molar-refractivity contribution in [1.29, 1.82) is 0 Å². The van der Waals surface area contributed by atoms with Gasteiger partial charge in [-0.1, -0.05) is 13.8 Å². The lowest BCUT2D eigenvalue weighted by atomic mass is 10.0. The standard InChI is InChI=1S/C24H29N3O2S/c1-15(2)10-21-13-22-23(30-21)24(28)27(14-25-22)16-6-8-19(9-7-16)29-20-11-17-4-5-18(12-20)26(17)3/h6-9,13-15,17-18,20H,4-5,10-12H2,1-3H3/t17-,18+,20?. The van der Waals surface area contributed by atoms with Crippen LogP contribution in [0.1, 0.15) is 44.4 Å². The topological polar surface area (TPSA) is 47.4 Å². The Morgan fingerprint density at radius 2 is 1.87 bits per heavy atom. The van der Waals surface area contributed by atoms with Crippen LogP contribution < -0.4 is 10.3 Å². The summed E-state index contributed by atoms with van der Waals surface area (Å²) in [5.41, 5.74) is 1.62. The molecule has 2 aliphatic heterocycles. The van der Waals surface area contributed by atoms with E-state index in [0.29, 0.717) is 18.0 Å². The van der Waals surface area contributed by atoms with Crippen LogP contribution in [0.4, 0.5) is 0 Å². The van der Waals surface area contributed by atoms with Gasteiger partial charge in [-0.05, 0) is 75.4 Å². The van der Waals surface area contributed by atoms with Crippen LogP contribution in [-0.2, 0) is 6.42 Å². The van der Waals surface area contributed by atoms with Crippen molar-refractivity contribution in [2.45, 2.75) is 64.1 Å². The maximum Gasteiger partial charge on any atom is 0.275 e. The number of hydrogen-bond acceptors (Lipinski definition) is 5. The summed E-state index contributed by atoms with van der Waals surface area (Å²) in [6.07, 6.45) is 7.69. The predicted molar refractivity (Wildman–Crippen MR) is 122 cm³/mol. The van der Waals surface area contributed by atoms with Crippen LogP contribution in [0.3, 0.4) is 0 Å². The van der Waals surface area contributed by atoms with E-state index in [-0.39, 0.29) is 11.7 Å². The van der Waals surface area contributed by atoms with Crippen molar-refractivity contribution in [3.8, 4) is 11.4 Å². The normalized spacial score (nSPS) is 24.1. The lowest BCUT2D eigenvalue weighted by Gasteiger charge is -2.36. The number of thiophene rings is 1. The van der Waals surface area contributed by atoms with Gasteiger partial charge in [0.1, 0.15) is 22.9 Å². The van der Waals surface area contributed by atoms with E-state index in [1.54, 1.807) is 22.2 Å². The van der Waals surface area contributed by atoms with E-state index < -0.39 is 0 Å². The van der Waals surface area contributed by atoms with Gasteiger partial charge in [0, 0.05) is 17.0 Å². The van der Waals surface area contributed by atoms with E-state index in [9.17, 15) is 4.79 Å². The Balaban J connectivity index is 1.34. The molecular weight excluding hydrogens is 394 g/mol. The zero-order valence-electron chi connectivity index (χ0n) is 17.9. The Hall–Kier alpha value is -2.18. The van der Waals surface area contributed by atoms with Crippen LogP contribution in [0.15, 0.2) is 41.5 Å². The van der Waals surface area contributed by atoms with Crippen LogP contribution in [0.2, 0.25) is 0 Å². The van der Waals surface area contributed by atoms with Gasteiger partial charge < -0.3 is 9.64 Å². The molecule has 5 rings (SSSR count). The third-order valence-corrected chi connectivity index (χ3v) is 7.71. The summed E-state index contributed by atoms with van der Waals surface area (Å²) in [6.45, 7) is 4.38. The van der Waals surface area contributed by atoms with E-state index in [1.165, 1.54) is 17.7 Å². The van der Waals surface area contributed by atoms with Crippen molar-refractivity contribution in [3.05, 3.63) is 51.9 Å². The highest BCUT2D eigenvalue weighted by atomic mass is 32.1. The van der Waals surface area contributed by atoms with E-state index in [4.69, 9.17) is 4.74 Å². The summed E-state index contributed by atoms with van der Waals surface area (Å²) in [6, 6.07) is 11.2. The maximum atomic E-state index is 13.0. The molecule has 5 nitrogen and oxygen atoms in total. The molecule has 2 aromatic heterocycles. The van der Waals surface area contributed by atoms with Gasteiger partial charge in [-0.25, -0.2) is 4.98 Å². The quantitative estimate of drug-likeness (QED) is 0.599. The average Bonchev–Trinajstić information content (AvgIpc) is 3.19. The molecule has 0 aliphatic carbocycles. The van der Waals surface area contributed by atoms with E-state index >= 15 is 0 Å². The summed E-state index contributed by atoms with van der Waals surface area (Å²) in [5.74, 6) is 1.44. The Labute approximate surface area is 181 Å². The lowest BCUT2D eigenvalue weighted by Crippen LogP contribution is -2.43. The van der Waals surface area contributed by atoms with Crippen molar-refractivity contribution < 1.29 is 4.74 Å². The highest BCUT2D eigenvalue weighted by Gasteiger charge is 2.39. The second-order valence-corrected chi connectivity index (χ2v) is 10.3. The minimum Gasteiger partial charge on any atom is -0.490 e. The third kappa shape index (κ3) is 3.67. The molecule has 2 aliphatic rings. The van der Waals surface area contributed by atoms with Crippen molar-refractivity contribution in [2.75, 3.05) is 7.05 Å². The molecule has 0 radical (unpaired) electrons. The minimum absolute atomic E-state index is 0.000525. The molecule has 3 atom stereocenters. The van der Waals surface area contributed by atoms with Crippen molar-refractivity contribution in [3.63, 3.8) is 0 Å². The number of fused-ring (bicyclic) bond motifs is 3. The monoisotopic (exact) mass is 423 g/mol. The maximum absolute atomic E-state index is 13.0. The van der Waals surface area contributed by atoms with Gasteiger partial charge in [0.25, 0.3) is 5.56 Å². The molecule has 3 aromatic rings. The molecule has 0 saturated carbocycles. The van der Waals surface area contributed by atoms with Crippen molar-refractivity contribution >= 4 is 21.6 Å². The Morgan fingerprint density at radius 1 is 1.17 bits per heavy atom. The molecule has 158 valence electrons. The molecule has 0 N–H and O–H groups in total. The zero-order valence-corrected chi connectivity index (χ0v) is 18.7. The molecule has 6 heteroatoms. The Morgan fingerprint density at radius 3 is 2.53 bits per heavy atom. The van der Waals surface area contributed by atoms with Crippen molar-refractivity contribution in [1.82, 2.24) is 14.5 Å². The molecule has 2 bridgehead atoms. The first-order valence-corrected chi connectivity index (χ1v) is 11.8. The van der Waals surface area contributed by atoms with Gasteiger partial charge in [-0.15, -0.1) is 11.3 Å². The van der Waals surface area contributed by atoms with Crippen LogP contribution in [0, 0.1) is 5.92 Å². The second-order valence-electron chi connectivity index (χ2n) is 9.20. The fourth-order valence-electron chi connectivity index (χ4n) is 4.98. The van der Waals surface area contributed by atoms with E-state index in [0.717, 1.165) is 40.9 Å². The van der Waals surface area contributed by atoms with Crippen LogP contribution >= 0.6 is 11.3 Å². The van der Waals surface area contributed by atoms with Gasteiger partial charge in [0.15, 0.2) is 0 Å². The molecule has 1 aromatic carbocycles. The fourth-order valence-corrected chi connectivity index (χ4v) is 6.24. The van der Waals surface area contributed by atoms with Gasteiger partial charge in [0.2, 0.25) is 0 Å². The zero-order chi connectivity index (χ0) is 20.8. The van der Waals surface area contributed by atoms with Crippen LogP contribution in [0.5, 0.6) is 5.75 Å². The highest BCUT2D eigenvalue weighted by molar-refractivity contribution is 7.18. The number of piperidine rings is 1. The smallest absolute Gasteiger partial charge is 0.275 e. The molecule has 2 fully saturated rings. The molecular formula is C24H29N3O2S. The lowest BCUT2D eigenvalue weighted by molar-refractivity contribution is 0.0662. The summed E-state index contributed by atoms with van der Waals surface area (Å²) in [7, 11) is 2.25. The van der Waals surface area contributed by atoms with Gasteiger partial charge in [-0.3, -0.25) is 9.36 Å². The van der Waals surface area contributed by atoms with Gasteiger partial charge in [-0.2, -0.15) is 0 Å². The Bertz CT molecular complexity index is 1090. The first-order valence-electron chi connectivity index (χ1n) is 11.0. The summed E-state index contributed by atoms with van der Waals surface area (Å²) >= 11 is 1.57. The fraction of sp³-hybridized carbons (Fsp3) is 0.500. The van der Waals surface area contributed by atoms with E-state index in [1.807, 2.05) is 24.3 Å². The largest absolute Gasteiger partial charge is 0.490 e. The van der Waals surface area contributed by atoms with Gasteiger partial charge in [0.05, 0.1) is 11.2 Å². The number of ether oxygens (including phenoxy) is 1. The molecule has 4 heterocycles. The predicted octanol–water partition coefficient (Wildman–Crippen LogP) is 4.65. The van der Waals surface area contributed by atoms with Crippen LogP contribution in [0.25, 0.3) is 15.9 Å². The first-order chi connectivity index (χ1) is 14.5. The SMILES string of the molecule is CC(C)Cc1cc2ncn(-c3ccc(OC4C[C@H]5CC[C@@H](C4)N5C)cc3)c(=O)c2s1.